The normalized spacial score (nSPS) is 27.8. The lowest BCUT2D eigenvalue weighted by atomic mass is 9.82. The van der Waals surface area contributed by atoms with Crippen molar-refractivity contribution in [2.45, 2.75) is 40.5 Å². The molecule has 1 fully saturated rings. The first-order chi connectivity index (χ1) is 10.4. The van der Waals surface area contributed by atoms with Crippen molar-refractivity contribution in [3.05, 3.63) is 41.7 Å². The molecule has 1 aromatic carbocycles. The van der Waals surface area contributed by atoms with Gasteiger partial charge in [0, 0.05) is 0 Å². The van der Waals surface area contributed by atoms with Gasteiger partial charge < -0.3 is 0 Å². The van der Waals surface area contributed by atoms with E-state index in [0.29, 0.717) is 25.1 Å². The van der Waals surface area contributed by atoms with Crippen molar-refractivity contribution in [1.29, 1.82) is 0 Å². The number of hydrogen-bond donors (Lipinski definition) is 0. The van der Waals surface area contributed by atoms with Crippen molar-refractivity contribution in [2.24, 2.45) is 0 Å². The smallest absolute Gasteiger partial charge is 0.240 e. The lowest BCUT2D eigenvalue weighted by Crippen LogP contribution is -2.17. The highest BCUT2D eigenvalue weighted by Crippen LogP contribution is 2.44. The van der Waals surface area contributed by atoms with Gasteiger partial charge in [0.15, 0.2) is 0 Å². The van der Waals surface area contributed by atoms with E-state index in [-0.39, 0.29) is 16.4 Å². The summed E-state index contributed by atoms with van der Waals surface area (Å²) in [5.41, 5.74) is 1.06. The lowest BCUT2D eigenvalue weighted by molar-refractivity contribution is 0.527. The molecule has 0 saturated heterocycles. The highest BCUT2D eigenvalue weighted by atomic mass is 35.5. The fourth-order valence-electron chi connectivity index (χ4n) is 3.00. The van der Waals surface area contributed by atoms with Crippen LogP contribution in [0.15, 0.2) is 35.5 Å². The minimum Gasteiger partial charge on any atom is -0.240 e. The average molecular weight is 336 g/mol. The standard InChI is InChI=1S/C14H15BClN3O2S/c15-14(16)8-11(9-4-2-1-3-5-9)19-12(14)17-13(18-19)22(20,21)10-6-7-10/h1-5,10-11H,6-8,15H2/t11-,14+/m0/s1. The zero-order chi connectivity index (χ0) is 15.5. The Labute approximate surface area is 135 Å². The summed E-state index contributed by atoms with van der Waals surface area (Å²) in [7, 11) is -1.53. The van der Waals surface area contributed by atoms with Gasteiger partial charge in [-0.05, 0) is 24.8 Å². The van der Waals surface area contributed by atoms with E-state index in [1.54, 1.807) is 4.68 Å². The summed E-state index contributed by atoms with van der Waals surface area (Å²) in [4.78, 5) is 4.28. The molecule has 2 atom stereocenters. The molecular weight excluding hydrogens is 321 g/mol. The SMILES string of the molecule is B[C@@]1(Cl)C[C@@H](c2ccccc2)n2nc(S(=O)(=O)C3CC3)nc21. The third-order valence-electron chi connectivity index (χ3n) is 4.35. The topological polar surface area (TPSA) is 64.8 Å². The molecule has 22 heavy (non-hydrogen) atoms. The molecule has 1 aliphatic heterocycles. The highest BCUT2D eigenvalue weighted by molar-refractivity contribution is 7.92. The van der Waals surface area contributed by atoms with Gasteiger partial charge in [0.25, 0.3) is 5.16 Å². The van der Waals surface area contributed by atoms with Gasteiger partial charge >= 0.3 is 0 Å². The largest absolute Gasteiger partial charge is 0.267 e. The summed E-state index contributed by atoms with van der Waals surface area (Å²) in [6, 6.07) is 9.79. The number of aromatic nitrogens is 3. The summed E-state index contributed by atoms with van der Waals surface area (Å²) in [6.07, 6.45) is 2.05. The summed E-state index contributed by atoms with van der Waals surface area (Å²) in [5, 5.41) is 3.93. The predicted molar refractivity (Wildman–Crippen MR) is 85.5 cm³/mol. The van der Waals surface area contributed by atoms with Crippen LogP contribution in [-0.4, -0.2) is 36.3 Å². The average Bonchev–Trinajstić information content (AvgIpc) is 3.19. The first kappa shape index (κ1) is 14.3. The monoisotopic (exact) mass is 335 g/mol. The second kappa shape index (κ2) is 4.58. The maximum absolute atomic E-state index is 12.4. The van der Waals surface area contributed by atoms with Crippen LogP contribution >= 0.6 is 11.6 Å². The van der Waals surface area contributed by atoms with Crippen molar-refractivity contribution in [3.63, 3.8) is 0 Å². The molecule has 1 aromatic heterocycles. The van der Waals surface area contributed by atoms with Gasteiger partial charge in [-0.25, -0.2) is 18.1 Å². The molecule has 0 spiro atoms. The number of benzene rings is 1. The van der Waals surface area contributed by atoms with Crippen LogP contribution in [-0.2, 0) is 14.6 Å². The Morgan fingerprint density at radius 2 is 1.95 bits per heavy atom. The Kier molecular flexibility index (Phi) is 2.97. The Hall–Kier alpha value is -1.34. The maximum Gasteiger partial charge on any atom is 0.267 e. The summed E-state index contributed by atoms with van der Waals surface area (Å²) in [6.45, 7) is 0. The third-order valence-corrected chi connectivity index (χ3v) is 6.71. The van der Waals surface area contributed by atoms with Gasteiger partial charge in [0.1, 0.15) is 13.7 Å². The molecule has 2 aromatic rings. The van der Waals surface area contributed by atoms with E-state index in [4.69, 9.17) is 11.6 Å². The van der Waals surface area contributed by atoms with Crippen molar-refractivity contribution in [3.8, 4) is 0 Å². The van der Waals surface area contributed by atoms with Crippen LogP contribution in [0.3, 0.4) is 0 Å². The molecule has 4 rings (SSSR count). The van der Waals surface area contributed by atoms with Crippen LogP contribution in [0.25, 0.3) is 0 Å². The quantitative estimate of drug-likeness (QED) is 0.625. The fraction of sp³-hybridized carbons (Fsp3) is 0.429. The number of sulfone groups is 1. The van der Waals surface area contributed by atoms with Crippen LogP contribution in [0.5, 0.6) is 0 Å². The van der Waals surface area contributed by atoms with E-state index in [0.717, 1.165) is 5.56 Å². The number of alkyl halides is 1. The number of nitrogens with zero attached hydrogens (tertiary/aromatic N) is 3. The van der Waals surface area contributed by atoms with Gasteiger partial charge in [0.2, 0.25) is 9.84 Å². The zero-order valence-electron chi connectivity index (χ0n) is 12.1. The minimum atomic E-state index is -3.40. The van der Waals surface area contributed by atoms with E-state index in [2.05, 4.69) is 10.1 Å². The van der Waals surface area contributed by atoms with Crippen molar-refractivity contribution in [2.75, 3.05) is 0 Å². The Morgan fingerprint density at radius 3 is 2.59 bits per heavy atom. The first-order valence-corrected chi connectivity index (χ1v) is 9.27. The van der Waals surface area contributed by atoms with E-state index in [1.807, 2.05) is 38.2 Å². The second-order valence-corrected chi connectivity index (χ2v) is 9.19. The van der Waals surface area contributed by atoms with E-state index in [1.165, 1.54) is 0 Å². The number of halogens is 1. The maximum atomic E-state index is 12.4. The van der Waals surface area contributed by atoms with E-state index < -0.39 is 14.6 Å². The molecule has 5 nitrogen and oxygen atoms in total. The Balaban J connectivity index is 1.82. The van der Waals surface area contributed by atoms with Gasteiger partial charge in [-0.3, -0.25) is 0 Å². The van der Waals surface area contributed by atoms with Crippen LogP contribution in [0.2, 0.25) is 0 Å². The zero-order valence-corrected chi connectivity index (χ0v) is 13.7. The first-order valence-electron chi connectivity index (χ1n) is 7.34. The minimum absolute atomic E-state index is 0.0718. The number of hydrogen-bond acceptors (Lipinski definition) is 4. The second-order valence-electron chi connectivity index (χ2n) is 6.23. The highest BCUT2D eigenvalue weighted by Gasteiger charge is 2.46. The summed E-state index contributed by atoms with van der Waals surface area (Å²) in [5.74, 6) is 0.544. The molecule has 8 heteroatoms. The Bertz CT molecular complexity index is 831. The van der Waals surface area contributed by atoms with Crippen molar-refractivity contribution < 1.29 is 8.42 Å². The summed E-state index contributed by atoms with van der Waals surface area (Å²) < 4.78 is 25.7. The van der Waals surface area contributed by atoms with Crippen LogP contribution < -0.4 is 0 Å². The van der Waals surface area contributed by atoms with E-state index >= 15 is 0 Å². The molecule has 114 valence electrons. The van der Waals surface area contributed by atoms with Crippen LogP contribution in [0.4, 0.5) is 0 Å². The molecule has 1 saturated carbocycles. The van der Waals surface area contributed by atoms with Gasteiger partial charge in [0.05, 0.1) is 16.1 Å². The Morgan fingerprint density at radius 1 is 1.27 bits per heavy atom. The molecule has 0 unspecified atom stereocenters. The molecule has 1 aliphatic carbocycles. The lowest BCUT2D eigenvalue weighted by Gasteiger charge is -2.14. The predicted octanol–water partition coefficient (Wildman–Crippen LogP) is 1.23. The van der Waals surface area contributed by atoms with Crippen molar-refractivity contribution >= 4 is 29.3 Å². The molecule has 0 amide bonds. The molecule has 0 radical (unpaired) electrons. The molecule has 0 bridgehead atoms. The van der Waals surface area contributed by atoms with E-state index in [9.17, 15) is 8.42 Å². The van der Waals surface area contributed by atoms with Crippen LogP contribution in [0.1, 0.15) is 36.7 Å². The molecule has 0 N–H and O–H groups in total. The molecule has 2 heterocycles. The van der Waals surface area contributed by atoms with Gasteiger partial charge in [-0.2, -0.15) is 0 Å². The van der Waals surface area contributed by atoms with Crippen LogP contribution in [0, 0.1) is 0 Å². The number of rotatable bonds is 3. The molecular formula is C14H15BClN3O2S. The summed E-state index contributed by atoms with van der Waals surface area (Å²) >= 11 is 6.58. The molecule has 2 aliphatic rings. The van der Waals surface area contributed by atoms with Gasteiger partial charge in [-0.15, -0.1) is 16.7 Å². The third kappa shape index (κ3) is 2.10. The van der Waals surface area contributed by atoms with Gasteiger partial charge in [-0.1, -0.05) is 30.3 Å². The number of fused-ring (bicyclic) bond motifs is 1. The fourth-order valence-corrected chi connectivity index (χ4v) is 4.74. The van der Waals surface area contributed by atoms with Crippen molar-refractivity contribution in [1.82, 2.24) is 14.8 Å².